The molecule has 2 nitrogen and oxygen atoms in total. The molecule has 0 amide bonds. The van der Waals surface area contributed by atoms with Crippen LogP contribution in [0, 0.1) is 6.92 Å². The Labute approximate surface area is 126 Å². The number of halogens is 1. The second kappa shape index (κ2) is 5.41. The Morgan fingerprint density at radius 3 is 2.85 bits per heavy atom. The Hall–Kier alpha value is -1.61. The summed E-state index contributed by atoms with van der Waals surface area (Å²) in [7, 11) is 0. The molecule has 0 spiro atoms. The first-order chi connectivity index (χ1) is 9.68. The molecular formula is C17H15BrO2. The van der Waals surface area contributed by atoms with Gasteiger partial charge < -0.3 is 4.74 Å². The number of carbonyl (C=O) groups is 1. The van der Waals surface area contributed by atoms with E-state index in [1.54, 1.807) is 0 Å². The van der Waals surface area contributed by atoms with E-state index < -0.39 is 0 Å². The number of hydrogen-bond donors (Lipinski definition) is 0. The van der Waals surface area contributed by atoms with Gasteiger partial charge in [-0.25, -0.2) is 0 Å². The molecule has 0 saturated heterocycles. The Morgan fingerprint density at radius 1 is 1.20 bits per heavy atom. The lowest BCUT2D eigenvalue weighted by molar-refractivity contribution is 0.0932. The van der Waals surface area contributed by atoms with Crippen LogP contribution >= 0.6 is 15.9 Å². The van der Waals surface area contributed by atoms with Gasteiger partial charge in [0.05, 0.1) is 12.5 Å². The molecule has 0 radical (unpaired) electrons. The lowest BCUT2D eigenvalue weighted by atomic mass is 9.86. The molecule has 0 aromatic heterocycles. The topological polar surface area (TPSA) is 26.3 Å². The second-order valence-electron chi connectivity index (χ2n) is 5.03. The fourth-order valence-electron chi connectivity index (χ4n) is 2.64. The van der Waals surface area contributed by atoms with Gasteiger partial charge in [-0.05, 0) is 40.9 Å². The maximum atomic E-state index is 12.8. The highest BCUT2D eigenvalue weighted by Gasteiger charge is 2.29. The maximum absolute atomic E-state index is 12.8. The molecule has 1 aliphatic heterocycles. The fraction of sp³-hybridized carbons (Fsp3) is 0.235. The van der Waals surface area contributed by atoms with Crippen molar-refractivity contribution in [3.8, 4) is 5.75 Å². The zero-order valence-corrected chi connectivity index (χ0v) is 12.8. The lowest BCUT2D eigenvalue weighted by Gasteiger charge is -2.25. The van der Waals surface area contributed by atoms with Crippen molar-refractivity contribution in [2.24, 2.45) is 0 Å². The second-order valence-corrected chi connectivity index (χ2v) is 5.82. The molecule has 3 heteroatoms. The number of Topliss-reactive ketones (excluding diaryl/α,β-unsaturated/α-hetero) is 1. The van der Waals surface area contributed by atoms with Crippen LogP contribution in [-0.4, -0.2) is 12.4 Å². The zero-order chi connectivity index (χ0) is 14.1. The molecule has 3 rings (SSSR count). The fourth-order valence-corrected chi connectivity index (χ4v) is 3.10. The van der Waals surface area contributed by atoms with Gasteiger partial charge in [0.1, 0.15) is 5.75 Å². The van der Waals surface area contributed by atoms with Crippen molar-refractivity contribution >= 4 is 21.7 Å². The summed E-state index contributed by atoms with van der Waals surface area (Å²) in [5.74, 6) is 0.884. The summed E-state index contributed by atoms with van der Waals surface area (Å²) in [5.41, 5.74) is 2.83. The van der Waals surface area contributed by atoms with E-state index in [9.17, 15) is 4.79 Å². The molecule has 1 atom stereocenters. The van der Waals surface area contributed by atoms with Gasteiger partial charge in [-0.3, -0.25) is 4.79 Å². The summed E-state index contributed by atoms with van der Waals surface area (Å²) >= 11 is 3.54. The van der Waals surface area contributed by atoms with Gasteiger partial charge in [0.2, 0.25) is 0 Å². The summed E-state index contributed by atoms with van der Waals surface area (Å²) in [6.07, 6.45) is 0.732. The van der Waals surface area contributed by atoms with E-state index in [4.69, 9.17) is 4.74 Å². The zero-order valence-electron chi connectivity index (χ0n) is 11.2. The standard InChI is InChI=1S/C17H15BrO2/c1-11-5-4-7-14(16(11)18)17(19)13-9-10-20-15-8-3-2-6-12(13)15/h2-8,13H,9-10H2,1H3. The molecule has 2 aromatic carbocycles. The van der Waals surface area contributed by atoms with Crippen LogP contribution in [0.1, 0.15) is 33.8 Å². The van der Waals surface area contributed by atoms with E-state index in [0.717, 1.165) is 33.3 Å². The normalized spacial score (nSPS) is 17.2. The molecule has 102 valence electrons. The molecule has 0 fully saturated rings. The Kier molecular flexibility index (Phi) is 3.62. The molecule has 0 aliphatic carbocycles. The summed E-state index contributed by atoms with van der Waals surface area (Å²) < 4.78 is 6.53. The predicted octanol–water partition coefficient (Wildman–Crippen LogP) is 4.51. The van der Waals surface area contributed by atoms with Crippen LogP contribution in [0.5, 0.6) is 5.75 Å². The van der Waals surface area contributed by atoms with Gasteiger partial charge in [-0.15, -0.1) is 0 Å². The minimum atomic E-state index is -0.113. The minimum Gasteiger partial charge on any atom is -0.493 e. The van der Waals surface area contributed by atoms with E-state index in [0.29, 0.717) is 6.61 Å². The lowest BCUT2D eigenvalue weighted by Crippen LogP contribution is -2.21. The Bertz CT molecular complexity index is 664. The van der Waals surface area contributed by atoms with Crippen LogP contribution < -0.4 is 4.74 Å². The molecule has 0 saturated carbocycles. The molecule has 1 aliphatic rings. The molecule has 1 unspecified atom stereocenters. The van der Waals surface area contributed by atoms with E-state index in [1.165, 1.54) is 0 Å². The molecule has 2 aromatic rings. The van der Waals surface area contributed by atoms with Gasteiger partial charge in [0.15, 0.2) is 5.78 Å². The third-order valence-corrected chi connectivity index (χ3v) is 4.78. The van der Waals surface area contributed by atoms with Crippen molar-refractivity contribution in [3.05, 3.63) is 63.6 Å². The summed E-state index contributed by atoms with van der Waals surface area (Å²) in [6.45, 7) is 2.59. The number of fused-ring (bicyclic) bond motifs is 1. The molecular weight excluding hydrogens is 316 g/mol. The Morgan fingerprint density at radius 2 is 2.00 bits per heavy atom. The highest BCUT2D eigenvalue weighted by molar-refractivity contribution is 9.10. The van der Waals surface area contributed by atoms with E-state index in [1.807, 2.05) is 49.4 Å². The minimum absolute atomic E-state index is 0.113. The van der Waals surface area contributed by atoms with Crippen LogP contribution in [0.4, 0.5) is 0 Å². The molecule has 1 heterocycles. The van der Waals surface area contributed by atoms with Gasteiger partial charge in [0.25, 0.3) is 0 Å². The number of carbonyl (C=O) groups excluding carboxylic acids is 1. The van der Waals surface area contributed by atoms with E-state index >= 15 is 0 Å². The van der Waals surface area contributed by atoms with Gasteiger partial charge in [-0.2, -0.15) is 0 Å². The maximum Gasteiger partial charge on any atom is 0.171 e. The number of benzene rings is 2. The predicted molar refractivity (Wildman–Crippen MR) is 82.5 cm³/mol. The number of para-hydroxylation sites is 1. The van der Waals surface area contributed by atoms with Crippen LogP contribution in [0.3, 0.4) is 0 Å². The van der Waals surface area contributed by atoms with Crippen molar-refractivity contribution in [2.75, 3.05) is 6.61 Å². The SMILES string of the molecule is Cc1cccc(C(=O)C2CCOc3ccccc32)c1Br. The van der Waals surface area contributed by atoms with Gasteiger partial charge in [-0.1, -0.05) is 36.4 Å². The van der Waals surface area contributed by atoms with Crippen molar-refractivity contribution in [1.29, 1.82) is 0 Å². The first-order valence-electron chi connectivity index (χ1n) is 6.69. The van der Waals surface area contributed by atoms with E-state index in [2.05, 4.69) is 15.9 Å². The number of ketones is 1. The smallest absolute Gasteiger partial charge is 0.171 e. The molecule has 0 N–H and O–H groups in total. The first kappa shape index (κ1) is 13.4. The van der Waals surface area contributed by atoms with Crippen LogP contribution in [0.25, 0.3) is 0 Å². The number of rotatable bonds is 2. The van der Waals surface area contributed by atoms with Crippen LogP contribution in [0.15, 0.2) is 46.9 Å². The van der Waals surface area contributed by atoms with Crippen LogP contribution in [-0.2, 0) is 0 Å². The van der Waals surface area contributed by atoms with Crippen molar-refractivity contribution in [3.63, 3.8) is 0 Å². The third-order valence-electron chi connectivity index (χ3n) is 3.73. The molecule has 0 bridgehead atoms. The first-order valence-corrected chi connectivity index (χ1v) is 7.49. The quantitative estimate of drug-likeness (QED) is 0.757. The number of hydrogen-bond acceptors (Lipinski definition) is 2. The number of aryl methyl sites for hydroxylation is 1. The Balaban J connectivity index is 2.02. The average molecular weight is 331 g/mol. The van der Waals surface area contributed by atoms with Gasteiger partial charge >= 0.3 is 0 Å². The van der Waals surface area contributed by atoms with Gasteiger partial charge in [0, 0.05) is 15.6 Å². The van der Waals surface area contributed by atoms with E-state index in [-0.39, 0.29) is 11.7 Å². The largest absolute Gasteiger partial charge is 0.493 e. The van der Waals surface area contributed by atoms with Crippen molar-refractivity contribution < 1.29 is 9.53 Å². The van der Waals surface area contributed by atoms with Crippen molar-refractivity contribution in [1.82, 2.24) is 0 Å². The third kappa shape index (κ3) is 2.27. The summed E-state index contributed by atoms with van der Waals surface area (Å²) in [6, 6.07) is 13.6. The summed E-state index contributed by atoms with van der Waals surface area (Å²) in [4.78, 5) is 12.8. The highest BCUT2D eigenvalue weighted by atomic mass is 79.9. The monoisotopic (exact) mass is 330 g/mol. The number of ether oxygens (including phenoxy) is 1. The molecule has 20 heavy (non-hydrogen) atoms. The highest BCUT2D eigenvalue weighted by Crippen LogP contribution is 2.37. The van der Waals surface area contributed by atoms with Crippen molar-refractivity contribution in [2.45, 2.75) is 19.3 Å². The summed E-state index contributed by atoms with van der Waals surface area (Å²) in [5, 5.41) is 0. The average Bonchev–Trinajstić information content (AvgIpc) is 2.49. The van der Waals surface area contributed by atoms with Crippen LogP contribution in [0.2, 0.25) is 0 Å².